The van der Waals surface area contributed by atoms with Crippen LogP contribution in [0.5, 0.6) is 5.75 Å². The van der Waals surface area contributed by atoms with Crippen molar-refractivity contribution in [1.82, 2.24) is 4.90 Å². The zero-order chi connectivity index (χ0) is 17.6. The van der Waals surface area contributed by atoms with Crippen molar-refractivity contribution in [3.63, 3.8) is 0 Å². The standard InChI is InChI=1S/C20H26N2O2S/c1-15(19-12-7-13-24-19)22(17-9-4-3-5-10-17)20(25)21-16-8-6-11-18(14-16)23-2/h6-8,11-15,17H,3-5,9-10H2,1-2H3,(H,21,25). The van der Waals surface area contributed by atoms with Gasteiger partial charge in [-0.2, -0.15) is 0 Å². The smallest absolute Gasteiger partial charge is 0.174 e. The van der Waals surface area contributed by atoms with Crippen molar-refractivity contribution in [1.29, 1.82) is 0 Å². The number of ether oxygens (including phenoxy) is 1. The van der Waals surface area contributed by atoms with Gasteiger partial charge in [-0.25, -0.2) is 0 Å². The van der Waals surface area contributed by atoms with E-state index in [2.05, 4.69) is 17.1 Å². The Bertz CT molecular complexity index is 681. The van der Waals surface area contributed by atoms with Crippen LogP contribution in [0.2, 0.25) is 0 Å². The quantitative estimate of drug-likeness (QED) is 0.726. The Morgan fingerprint density at radius 1 is 1.24 bits per heavy atom. The lowest BCUT2D eigenvalue weighted by molar-refractivity contribution is 0.186. The van der Waals surface area contributed by atoms with Gasteiger partial charge in [-0.15, -0.1) is 0 Å². The van der Waals surface area contributed by atoms with Crippen molar-refractivity contribution in [2.24, 2.45) is 0 Å². The van der Waals surface area contributed by atoms with Gasteiger partial charge in [0.2, 0.25) is 0 Å². The fourth-order valence-corrected chi connectivity index (χ4v) is 4.00. The van der Waals surface area contributed by atoms with Crippen LogP contribution in [0.1, 0.15) is 50.8 Å². The van der Waals surface area contributed by atoms with Crippen molar-refractivity contribution in [2.45, 2.75) is 51.1 Å². The number of methoxy groups -OCH3 is 1. The van der Waals surface area contributed by atoms with Crippen LogP contribution in [0.4, 0.5) is 5.69 Å². The predicted octanol–water partition coefficient (Wildman–Crippen LogP) is 5.38. The molecule has 3 rings (SSSR count). The first-order valence-electron chi connectivity index (χ1n) is 8.96. The van der Waals surface area contributed by atoms with E-state index in [9.17, 15) is 0 Å². The fourth-order valence-electron chi connectivity index (χ4n) is 3.57. The molecule has 0 aliphatic heterocycles. The van der Waals surface area contributed by atoms with Gasteiger partial charge in [-0.05, 0) is 56.2 Å². The monoisotopic (exact) mass is 358 g/mol. The SMILES string of the molecule is COc1cccc(NC(=S)N(C2CCCCC2)C(C)c2ccco2)c1. The summed E-state index contributed by atoms with van der Waals surface area (Å²) >= 11 is 5.80. The third kappa shape index (κ3) is 4.34. The zero-order valence-corrected chi connectivity index (χ0v) is 15.7. The van der Waals surface area contributed by atoms with Gasteiger partial charge in [0.15, 0.2) is 5.11 Å². The third-order valence-corrected chi connectivity index (χ3v) is 5.21. The van der Waals surface area contributed by atoms with Crippen LogP contribution in [0.25, 0.3) is 0 Å². The molecular formula is C20H26N2O2S. The molecule has 1 unspecified atom stereocenters. The second-order valence-electron chi connectivity index (χ2n) is 6.55. The molecule has 0 amide bonds. The Balaban J connectivity index is 1.80. The highest BCUT2D eigenvalue weighted by atomic mass is 32.1. The van der Waals surface area contributed by atoms with Gasteiger partial charge in [-0.1, -0.05) is 25.3 Å². The van der Waals surface area contributed by atoms with Crippen LogP contribution >= 0.6 is 12.2 Å². The van der Waals surface area contributed by atoms with E-state index < -0.39 is 0 Å². The number of furan rings is 1. The summed E-state index contributed by atoms with van der Waals surface area (Å²) in [7, 11) is 1.67. The summed E-state index contributed by atoms with van der Waals surface area (Å²) in [6.07, 6.45) is 7.90. The topological polar surface area (TPSA) is 37.6 Å². The van der Waals surface area contributed by atoms with Crippen LogP contribution in [-0.2, 0) is 0 Å². The lowest BCUT2D eigenvalue weighted by Crippen LogP contribution is -2.45. The normalized spacial score (nSPS) is 16.2. The number of nitrogens with one attached hydrogen (secondary N) is 1. The summed E-state index contributed by atoms with van der Waals surface area (Å²) in [6.45, 7) is 2.16. The molecule has 1 aliphatic rings. The number of benzene rings is 1. The first-order valence-corrected chi connectivity index (χ1v) is 9.36. The highest BCUT2D eigenvalue weighted by Gasteiger charge is 2.29. The van der Waals surface area contributed by atoms with E-state index in [0.29, 0.717) is 6.04 Å². The molecule has 4 nitrogen and oxygen atoms in total. The molecule has 0 bridgehead atoms. The van der Waals surface area contributed by atoms with Crippen molar-refractivity contribution in [3.8, 4) is 5.75 Å². The van der Waals surface area contributed by atoms with Crippen molar-refractivity contribution < 1.29 is 9.15 Å². The van der Waals surface area contributed by atoms with Crippen LogP contribution in [0.3, 0.4) is 0 Å². The van der Waals surface area contributed by atoms with Gasteiger partial charge < -0.3 is 19.4 Å². The van der Waals surface area contributed by atoms with E-state index in [1.807, 2.05) is 36.4 Å². The van der Waals surface area contributed by atoms with E-state index in [-0.39, 0.29) is 6.04 Å². The van der Waals surface area contributed by atoms with Crippen LogP contribution in [0, 0.1) is 0 Å². The Labute approximate surface area is 155 Å². The van der Waals surface area contributed by atoms with E-state index in [1.54, 1.807) is 13.4 Å². The molecule has 0 spiro atoms. The highest BCUT2D eigenvalue weighted by molar-refractivity contribution is 7.80. The van der Waals surface area contributed by atoms with Crippen molar-refractivity contribution in [2.75, 3.05) is 12.4 Å². The summed E-state index contributed by atoms with van der Waals surface area (Å²) in [5.41, 5.74) is 0.941. The van der Waals surface area contributed by atoms with Gasteiger partial charge in [0, 0.05) is 17.8 Å². The van der Waals surface area contributed by atoms with E-state index in [1.165, 1.54) is 32.1 Å². The van der Waals surface area contributed by atoms with Gasteiger partial charge in [-0.3, -0.25) is 0 Å². The predicted molar refractivity (Wildman–Crippen MR) is 105 cm³/mol. The lowest BCUT2D eigenvalue weighted by Gasteiger charge is -2.39. The second-order valence-corrected chi connectivity index (χ2v) is 6.94. The third-order valence-electron chi connectivity index (χ3n) is 4.90. The molecule has 2 aromatic rings. The van der Waals surface area contributed by atoms with Gasteiger partial charge >= 0.3 is 0 Å². The number of rotatable bonds is 5. The molecule has 1 heterocycles. The molecule has 1 N–H and O–H groups in total. The van der Waals surface area contributed by atoms with Crippen molar-refractivity contribution in [3.05, 3.63) is 48.4 Å². The summed E-state index contributed by atoms with van der Waals surface area (Å²) in [5, 5.41) is 4.13. The van der Waals surface area contributed by atoms with Gasteiger partial charge in [0.1, 0.15) is 11.5 Å². The van der Waals surface area contributed by atoms with Crippen LogP contribution in [0.15, 0.2) is 47.1 Å². The molecule has 0 saturated heterocycles. The molecule has 1 aromatic carbocycles. The largest absolute Gasteiger partial charge is 0.497 e. The minimum atomic E-state index is 0.101. The molecule has 1 aliphatic carbocycles. The number of hydrogen-bond acceptors (Lipinski definition) is 3. The molecule has 134 valence electrons. The molecule has 5 heteroatoms. The second kappa shape index (κ2) is 8.39. The summed E-state index contributed by atoms with van der Waals surface area (Å²) in [5.74, 6) is 1.76. The number of thiocarbonyl (C=S) groups is 1. The van der Waals surface area contributed by atoms with Gasteiger partial charge in [0.05, 0.1) is 19.4 Å². The number of anilines is 1. The molecule has 25 heavy (non-hydrogen) atoms. The molecule has 1 aromatic heterocycles. The lowest BCUT2D eigenvalue weighted by atomic mass is 9.93. The summed E-state index contributed by atoms with van der Waals surface area (Å²) in [4.78, 5) is 2.31. The maximum absolute atomic E-state index is 5.80. The Morgan fingerprint density at radius 3 is 2.72 bits per heavy atom. The summed E-state index contributed by atoms with van der Waals surface area (Å²) < 4.78 is 11.0. The van der Waals surface area contributed by atoms with E-state index in [4.69, 9.17) is 21.4 Å². The number of hydrogen-bond donors (Lipinski definition) is 1. The maximum atomic E-state index is 5.80. The Hall–Kier alpha value is -2.01. The summed E-state index contributed by atoms with van der Waals surface area (Å²) in [6, 6.07) is 12.4. The Kier molecular flexibility index (Phi) is 5.97. The molecule has 1 atom stereocenters. The zero-order valence-electron chi connectivity index (χ0n) is 14.9. The molecular weight excluding hydrogens is 332 g/mol. The Morgan fingerprint density at radius 2 is 2.04 bits per heavy atom. The fraction of sp³-hybridized carbons (Fsp3) is 0.450. The number of nitrogens with zero attached hydrogens (tertiary/aromatic N) is 1. The highest BCUT2D eigenvalue weighted by Crippen LogP contribution is 2.31. The first-order chi connectivity index (χ1) is 12.2. The van der Waals surface area contributed by atoms with E-state index in [0.717, 1.165) is 22.3 Å². The average molecular weight is 359 g/mol. The van der Waals surface area contributed by atoms with E-state index >= 15 is 0 Å². The average Bonchev–Trinajstić information content (AvgIpc) is 3.17. The maximum Gasteiger partial charge on any atom is 0.174 e. The van der Waals surface area contributed by atoms with Crippen molar-refractivity contribution >= 4 is 23.0 Å². The molecule has 0 radical (unpaired) electrons. The molecule has 1 saturated carbocycles. The molecule has 1 fully saturated rings. The van der Waals surface area contributed by atoms with Gasteiger partial charge in [0.25, 0.3) is 0 Å². The van der Waals surface area contributed by atoms with Crippen LogP contribution < -0.4 is 10.1 Å². The minimum absolute atomic E-state index is 0.101. The van der Waals surface area contributed by atoms with Crippen LogP contribution in [-0.4, -0.2) is 23.2 Å². The minimum Gasteiger partial charge on any atom is -0.497 e. The first kappa shape index (κ1) is 17.8.